The van der Waals surface area contributed by atoms with Gasteiger partial charge >= 0.3 is 0 Å². The topological polar surface area (TPSA) is 21.3 Å². The van der Waals surface area contributed by atoms with Crippen LogP contribution in [-0.2, 0) is 4.74 Å². The van der Waals surface area contributed by atoms with Crippen molar-refractivity contribution in [2.75, 3.05) is 13.7 Å². The van der Waals surface area contributed by atoms with Gasteiger partial charge in [0.1, 0.15) is 0 Å². The first-order valence-corrected chi connectivity index (χ1v) is 5.83. The van der Waals surface area contributed by atoms with Crippen LogP contribution in [0.4, 0.5) is 0 Å². The van der Waals surface area contributed by atoms with Crippen molar-refractivity contribution in [1.29, 1.82) is 0 Å². The molecule has 0 bridgehead atoms. The van der Waals surface area contributed by atoms with E-state index >= 15 is 0 Å². The lowest BCUT2D eigenvalue weighted by molar-refractivity contribution is 0.168. The van der Waals surface area contributed by atoms with Crippen molar-refractivity contribution in [3.8, 4) is 0 Å². The van der Waals surface area contributed by atoms with Crippen LogP contribution in [0.25, 0.3) is 0 Å². The summed E-state index contributed by atoms with van der Waals surface area (Å²) in [6.07, 6.45) is 0. The summed E-state index contributed by atoms with van der Waals surface area (Å²) >= 11 is 7.49. The molecule has 1 aromatic rings. The van der Waals surface area contributed by atoms with E-state index in [0.29, 0.717) is 12.1 Å². The van der Waals surface area contributed by atoms with Gasteiger partial charge in [0, 0.05) is 24.1 Å². The van der Waals surface area contributed by atoms with Crippen molar-refractivity contribution in [3.63, 3.8) is 0 Å². The second kappa shape index (κ2) is 5.71. The molecule has 0 saturated heterocycles. The molecule has 80 valence electrons. The maximum absolute atomic E-state index is 5.87. The van der Waals surface area contributed by atoms with Gasteiger partial charge in [-0.25, -0.2) is 0 Å². The van der Waals surface area contributed by atoms with Crippen LogP contribution < -0.4 is 5.32 Å². The molecule has 0 fully saturated rings. The van der Waals surface area contributed by atoms with Crippen molar-refractivity contribution in [3.05, 3.63) is 21.3 Å². The van der Waals surface area contributed by atoms with E-state index in [1.165, 1.54) is 4.88 Å². The maximum Gasteiger partial charge on any atom is 0.0931 e. The highest BCUT2D eigenvalue weighted by atomic mass is 35.5. The monoisotopic (exact) mass is 233 g/mol. The van der Waals surface area contributed by atoms with E-state index in [2.05, 4.69) is 25.2 Å². The number of rotatable bonds is 5. The van der Waals surface area contributed by atoms with Gasteiger partial charge in [-0.15, -0.1) is 11.3 Å². The molecule has 0 saturated carbocycles. The molecule has 0 aliphatic carbocycles. The second-order valence-corrected chi connectivity index (χ2v) is 5.13. The third-order valence-electron chi connectivity index (χ3n) is 1.97. The number of methoxy groups -OCH3 is 1. The van der Waals surface area contributed by atoms with E-state index in [0.717, 1.165) is 10.9 Å². The lowest BCUT2D eigenvalue weighted by Gasteiger charge is -2.18. The minimum absolute atomic E-state index is 0.331. The van der Waals surface area contributed by atoms with Gasteiger partial charge < -0.3 is 10.1 Å². The Hall–Kier alpha value is -0.0900. The zero-order valence-corrected chi connectivity index (χ0v) is 10.3. The predicted octanol–water partition coefficient (Wildman–Crippen LogP) is 3.09. The Bertz CT molecular complexity index is 277. The van der Waals surface area contributed by atoms with Crippen LogP contribution in [-0.4, -0.2) is 19.8 Å². The van der Waals surface area contributed by atoms with Gasteiger partial charge in [-0.2, -0.15) is 0 Å². The molecular formula is C10H16ClNOS. The van der Waals surface area contributed by atoms with Gasteiger partial charge in [0.25, 0.3) is 0 Å². The fraction of sp³-hybridized carbons (Fsp3) is 0.600. The fourth-order valence-corrected chi connectivity index (χ4v) is 2.44. The van der Waals surface area contributed by atoms with E-state index < -0.39 is 0 Å². The van der Waals surface area contributed by atoms with E-state index in [-0.39, 0.29) is 0 Å². The van der Waals surface area contributed by atoms with Crippen molar-refractivity contribution < 1.29 is 4.74 Å². The number of ether oxygens (including phenoxy) is 1. The standard InChI is InChI=1S/C10H16ClNOS/c1-7(6-13-3)12-8(2)9-4-5-10(11)14-9/h4-5,7-8,12H,6H2,1-3H3/t7-,8-/m1/s1. The normalized spacial score (nSPS) is 15.4. The molecule has 0 unspecified atom stereocenters. The van der Waals surface area contributed by atoms with Gasteiger partial charge in [0.2, 0.25) is 0 Å². The van der Waals surface area contributed by atoms with Gasteiger partial charge in [-0.3, -0.25) is 0 Å². The third kappa shape index (κ3) is 3.58. The van der Waals surface area contributed by atoms with E-state index in [1.807, 2.05) is 6.07 Å². The third-order valence-corrected chi connectivity index (χ3v) is 3.39. The summed E-state index contributed by atoms with van der Waals surface area (Å²) in [4.78, 5) is 1.26. The van der Waals surface area contributed by atoms with Gasteiger partial charge in [-0.1, -0.05) is 11.6 Å². The van der Waals surface area contributed by atoms with Crippen LogP contribution in [0, 0.1) is 0 Å². The van der Waals surface area contributed by atoms with Gasteiger partial charge in [-0.05, 0) is 26.0 Å². The van der Waals surface area contributed by atoms with Gasteiger partial charge in [0.05, 0.1) is 10.9 Å². The molecule has 1 N–H and O–H groups in total. The van der Waals surface area contributed by atoms with Crippen LogP contribution in [0.5, 0.6) is 0 Å². The fourth-order valence-electron chi connectivity index (χ4n) is 1.37. The average Bonchev–Trinajstić information content (AvgIpc) is 2.52. The SMILES string of the molecule is COC[C@@H](C)N[C@H](C)c1ccc(Cl)s1. The highest BCUT2D eigenvalue weighted by Gasteiger charge is 2.10. The Kier molecular flexibility index (Phi) is 4.89. The quantitative estimate of drug-likeness (QED) is 0.844. The predicted molar refractivity (Wildman–Crippen MR) is 62.2 cm³/mol. The molecule has 14 heavy (non-hydrogen) atoms. The molecule has 1 heterocycles. The number of halogens is 1. The second-order valence-electron chi connectivity index (χ2n) is 3.39. The minimum atomic E-state index is 0.331. The van der Waals surface area contributed by atoms with Crippen molar-refractivity contribution in [2.24, 2.45) is 0 Å². The molecule has 1 aromatic heterocycles. The van der Waals surface area contributed by atoms with Crippen molar-refractivity contribution >= 4 is 22.9 Å². The minimum Gasteiger partial charge on any atom is -0.383 e. The largest absolute Gasteiger partial charge is 0.383 e. The highest BCUT2D eigenvalue weighted by Crippen LogP contribution is 2.26. The molecule has 0 spiro atoms. The highest BCUT2D eigenvalue weighted by molar-refractivity contribution is 7.16. The van der Waals surface area contributed by atoms with Crippen LogP contribution in [0.2, 0.25) is 4.34 Å². The Morgan fingerprint density at radius 1 is 1.50 bits per heavy atom. The molecule has 0 amide bonds. The summed E-state index contributed by atoms with van der Waals surface area (Å²) in [5.41, 5.74) is 0. The Labute approximate surface area is 94.2 Å². The zero-order chi connectivity index (χ0) is 10.6. The molecule has 1 rings (SSSR count). The molecule has 0 aromatic carbocycles. The van der Waals surface area contributed by atoms with E-state index in [9.17, 15) is 0 Å². The summed E-state index contributed by atoms with van der Waals surface area (Å²) in [6, 6.07) is 4.68. The number of nitrogens with one attached hydrogen (secondary N) is 1. The van der Waals surface area contributed by atoms with Crippen molar-refractivity contribution in [2.45, 2.75) is 25.9 Å². The summed E-state index contributed by atoms with van der Waals surface area (Å²) < 4.78 is 5.90. The van der Waals surface area contributed by atoms with E-state index in [4.69, 9.17) is 16.3 Å². The summed E-state index contributed by atoms with van der Waals surface area (Å²) in [5.74, 6) is 0. The van der Waals surface area contributed by atoms with Crippen LogP contribution in [0.3, 0.4) is 0 Å². The first kappa shape index (κ1) is 12.0. The lowest BCUT2D eigenvalue weighted by atomic mass is 10.2. The molecule has 0 aliphatic rings. The zero-order valence-electron chi connectivity index (χ0n) is 8.71. The average molecular weight is 234 g/mol. The Balaban J connectivity index is 2.45. The number of thiophene rings is 1. The first-order chi connectivity index (χ1) is 6.63. The smallest absolute Gasteiger partial charge is 0.0931 e. The number of hydrogen-bond donors (Lipinski definition) is 1. The lowest BCUT2D eigenvalue weighted by Crippen LogP contribution is -2.32. The molecule has 4 heteroatoms. The Morgan fingerprint density at radius 2 is 2.21 bits per heavy atom. The molecule has 0 aliphatic heterocycles. The summed E-state index contributed by atoms with van der Waals surface area (Å²) in [7, 11) is 1.71. The molecular weight excluding hydrogens is 218 g/mol. The van der Waals surface area contributed by atoms with Crippen molar-refractivity contribution in [1.82, 2.24) is 5.32 Å². The van der Waals surface area contributed by atoms with Crippen LogP contribution >= 0.6 is 22.9 Å². The molecule has 0 radical (unpaired) electrons. The molecule has 2 atom stereocenters. The summed E-state index contributed by atoms with van der Waals surface area (Å²) in [6.45, 7) is 4.97. The maximum atomic E-state index is 5.87. The summed E-state index contributed by atoms with van der Waals surface area (Å²) in [5, 5.41) is 3.44. The molecule has 2 nitrogen and oxygen atoms in total. The number of hydrogen-bond acceptors (Lipinski definition) is 3. The first-order valence-electron chi connectivity index (χ1n) is 4.63. The van der Waals surface area contributed by atoms with Gasteiger partial charge in [0.15, 0.2) is 0 Å². The van der Waals surface area contributed by atoms with Crippen LogP contribution in [0.15, 0.2) is 12.1 Å². The van der Waals surface area contributed by atoms with Crippen LogP contribution in [0.1, 0.15) is 24.8 Å². The van der Waals surface area contributed by atoms with E-state index in [1.54, 1.807) is 18.4 Å². The Morgan fingerprint density at radius 3 is 2.71 bits per heavy atom.